The summed E-state index contributed by atoms with van der Waals surface area (Å²) in [5.74, 6) is 1.49. The lowest BCUT2D eigenvalue weighted by molar-refractivity contribution is 0.276. The van der Waals surface area contributed by atoms with Crippen LogP contribution < -0.4 is 14.8 Å². The molecule has 1 aromatic carbocycles. The summed E-state index contributed by atoms with van der Waals surface area (Å²) >= 11 is 0. The van der Waals surface area contributed by atoms with Crippen molar-refractivity contribution in [2.24, 2.45) is 0 Å². The van der Waals surface area contributed by atoms with E-state index in [1.165, 1.54) is 5.56 Å². The van der Waals surface area contributed by atoms with Crippen molar-refractivity contribution in [2.75, 3.05) is 14.2 Å². The van der Waals surface area contributed by atoms with Gasteiger partial charge >= 0.3 is 0 Å². The Morgan fingerprint density at radius 1 is 1.33 bits per heavy atom. The monoisotopic (exact) mass is 289 g/mol. The highest BCUT2D eigenvalue weighted by molar-refractivity contribution is 5.43. The molecule has 1 N–H and O–H groups in total. The Hall–Kier alpha value is -2.01. The first-order valence-electron chi connectivity index (χ1n) is 7.16. The van der Waals surface area contributed by atoms with E-state index in [0.29, 0.717) is 6.61 Å². The molecule has 0 radical (unpaired) electrons. The molecule has 0 spiro atoms. The molecular weight excluding hydrogens is 266 g/mol. The molecule has 0 amide bonds. The van der Waals surface area contributed by atoms with Gasteiger partial charge in [0, 0.05) is 12.6 Å². The van der Waals surface area contributed by atoms with Crippen molar-refractivity contribution >= 4 is 0 Å². The van der Waals surface area contributed by atoms with Gasteiger partial charge in [-0.25, -0.2) is 4.98 Å². The Kier molecular flexibility index (Phi) is 5.22. The average molecular weight is 289 g/mol. The van der Waals surface area contributed by atoms with Crippen LogP contribution in [-0.4, -0.2) is 23.7 Å². The van der Waals surface area contributed by atoms with Crippen LogP contribution >= 0.6 is 0 Å². The van der Waals surface area contributed by atoms with Crippen molar-refractivity contribution in [1.82, 2.24) is 14.9 Å². The van der Waals surface area contributed by atoms with Crippen LogP contribution in [0.4, 0.5) is 0 Å². The van der Waals surface area contributed by atoms with Crippen molar-refractivity contribution in [3.63, 3.8) is 0 Å². The fourth-order valence-electron chi connectivity index (χ4n) is 2.14. The normalized spacial score (nSPS) is 12.2. The third-order valence-electron chi connectivity index (χ3n) is 3.64. The maximum absolute atomic E-state index is 5.88. The summed E-state index contributed by atoms with van der Waals surface area (Å²) in [5.41, 5.74) is 2.22. The third kappa shape index (κ3) is 3.55. The zero-order valence-corrected chi connectivity index (χ0v) is 13.1. The average Bonchev–Trinajstić information content (AvgIpc) is 2.99. The van der Waals surface area contributed by atoms with E-state index in [2.05, 4.69) is 34.8 Å². The lowest BCUT2D eigenvalue weighted by Gasteiger charge is -2.15. The minimum Gasteiger partial charge on any atom is -0.493 e. The van der Waals surface area contributed by atoms with Crippen LogP contribution in [0.2, 0.25) is 0 Å². The van der Waals surface area contributed by atoms with E-state index in [9.17, 15) is 0 Å². The molecule has 0 aliphatic carbocycles. The molecule has 5 nitrogen and oxygen atoms in total. The molecule has 21 heavy (non-hydrogen) atoms. The Balaban J connectivity index is 2.13. The molecule has 114 valence electrons. The minimum atomic E-state index is 0.273. The van der Waals surface area contributed by atoms with Gasteiger partial charge in [0.2, 0.25) is 0 Å². The van der Waals surface area contributed by atoms with Gasteiger partial charge in [0.05, 0.1) is 25.3 Å². The molecule has 1 unspecified atom stereocenters. The summed E-state index contributed by atoms with van der Waals surface area (Å²) in [6.45, 7) is 5.55. The zero-order chi connectivity index (χ0) is 15.2. The van der Waals surface area contributed by atoms with E-state index in [4.69, 9.17) is 9.47 Å². The first kappa shape index (κ1) is 15.4. The topological polar surface area (TPSA) is 48.3 Å². The predicted molar refractivity (Wildman–Crippen MR) is 82.7 cm³/mol. The van der Waals surface area contributed by atoms with Crippen LogP contribution in [0.1, 0.15) is 31.1 Å². The van der Waals surface area contributed by atoms with Crippen LogP contribution in [0, 0.1) is 0 Å². The Morgan fingerprint density at radius 3 is 2.81 bits per heavy atom. The SMILES string of the molecule is CCn1cncc1COc1ccc(C(C)NC)cc1OC. The van der Waals surface area contributed by atoms with Crippen molar-refractivity contribution in [3.8, 4) is 11.5 Å². The summed E-state index contributed by atoms with van der Waals surface area (Å²) in [6.07, 6.45) is 3.64. The molecule has 0 saturated carbocycles. The third-order valence-corrected chi connectivity index (χ3v) is 3.64. The second-order valence-corrected chi connectivity index (χ2v) is 4.88. The van der Waals surface area contributed by atoms with Gasteiger partial charge in [-0.1, -0.05) is 6.07 Å². The van der Waals surface area contributed by atoms with E-state index in [1.807, 2.05) is 31.7 Å². The smallest absolute Gasteiger partial charge is 0.161 e. The number of nitrogens with zero attached hydrogens (tertiary/aromatic N) is 2. The zero-order valence-electron chi connectivity index (χ0n) is 13.1. The second-order valence-electron chi connectivity index (χ2n) is 4.88. The van der Waals surface area contributed by atoms with E-state index in [1.54, 1.807) is 7.11 Å². The minimum absolute atomic E-state index is 0.273. The Bertz CT molecular complexity index is 581. The maximum Gasteiger partial charge on any atom is 0.161 e. The Labute approximate surface area is 125 Å². The quantitative estimate of drug-likeness (QED) is 0.851. The number of aryl methyl sites for hydroxylation is 1. The van der Waals surface area contributed by atoms with Crippen molar-refractivity contribution in [2.45, 2.75) is 33.0 Å². The van der Waals surface area contributed by atoms with E-state index >= 15 is 0 Å². The van der Waals surface area contributed by atoms with E-state index in [0.717, 1.165) is 23.7 Å². The standard InChI is InChI=1S/C16H23N3O2/c1-5-19-11-18-9-14(19)10-21-15-7-6-13(12(2)17-3)8-16(15)20-4/h6-9,11-12,17H,5,10H2,1-4H3. The van der Waals surface area contributed by atoms with Gasteiger partial charge in [0.15, 0.2) is 11.5 Å². The molecule has 0 aliphatic heterocycles. The maximum atomic E-state index is 5.88. The van der Waals surface area contributed by atoms with Crippen LogP contribution in [-0.2, 0) is 13.2 Å². The molecule has 2 rings (SSSR count). The van der Waals surface area contributed by atoms with Crippen LogP contribution in [0.25, 0.3) is 0 Å². The molecule has 0 saturated heterocycles. The van der Waals surface area contributed by atoms with Gasteiger partial charge in [-0.15, -0.1) is 0 Å². The van der Waals surface area contributed by atoms with E-state index in [-0.39, 0.29) is 6.04 Å². The van der Waals surface area contributed by atoms with E-state index < -0.39 is 0 Å². The number of aromatic nitrogens is 2. The summed E-state index contributed by atoms with van der Waals surface area (Å²) < 4.78 is 13.4. The number of ether oxygens (including phenoxy) is 2. The van der Waals surface area contributed by atoms with Gasteiger partial charge in [-0.05, 0) is 38.6 Å². The highest BCUT2D eigenvalue weighted by Gasteiger charge is 2.10. The summed E-state index contributed by atoms with van der Waals surface area (Å²) in [4.78, 5) is 4.14. The summed E-state index contributed by atoms with van der Waals surface area (Å²) in [5, 5.41) is 3.21. The van der Waals surface area contributed by atoms with Gasteiger partial charge in [-0.2, -0.15) is 0 Å². The van der Waals surface area contributed by atoms with Gasteiger partial charge in [0.1, 0.15) is 6.61 Å². The number of hydrogen-bond donors (Lipinski definition) is 1. The molecular formula is C16H23N3O2. The van der Waals surface area contributed by atoms with Gasteiger partial charge < -0.3 is 19.4 Å². The molecule has 1 heterocycles. The van der Waals surface area contributed by atoms with Crippen LogP contribution in [0.5, 0.6) is 11.5 Å². The fraction of sp³-hybridized carbons (Fsp3) is 0.438. The molecule has 1 atom stereocenters. The first-order valence-corrected chi connectivity index (χ1v) is 7.16. The molecule has 2 aromatic rings. The number of imidazole rings is 1. The second kappa shape index (κ2) is 7.13. The molecule has 5 heteroatoms. The number of rotatable bonds is 7. The number of hydrogen-bond acceptors (Lipinski definition) is 4. The summed E-state index contributed by atoms with van der Waals surface area (Å²) in [7, 11) is 3.60. The van der Waals surface area contributed by atoms with Gasteiger partial charge in [0.25, 0.3) is 0 Å². The van der Waals surface area contributed by atoms with Gasteiger partial charge in [-0.3, -0.25) is 0 Å². The lowest BCUT2D eigenvalue weighted by Crippen LogP contribution is -2.12. The lowest BCUT2D eigenvalue weighted by atomic mass is 10.1. The highest BCUT2D eigenvalue weighted by Crippen LogP contribution is 2.30. The summed E-state index contributed by atoms with van der Waals surface area (Å²) in [6, 6.07) is 6.28. The first-order chi connectivity index (χ1) is 10.2. The van der Waals surface area contributed by atoms with Crippen LogP contribution in [0.15, 0.2) is 30.7 Å². The van der Waals surface area contributed by atoms with Crippen molar-refractivity contribution in [3.05, 3.63) is 42.0 Å². The van der Waals surface area contributed by atoms with Crippen molar-refractivity contribution < 1.29 is 9.47 Å². The largest absolute Gasteiger partial charge is 0.493 e. The fourth-order valence-corrected chi connectivity index (χ4v) is 2.14. The number of benzene rings is 1. The van der Waals surface area contributed by atoms with Crippen LogP contribution in [0.3, 0.4) is 0 Å². The highest BCUT2D eigenvalue weighted by atomic mass is 16.5. The molecule has 1 aromatic heterocycles. The predicted octanol–water partition coefficient (Wildman–Crippen LogP) is 2.77. The van der Waals surface area contributed by atoms with Crippen molar-refractivity contribution in [1.29, 1.82) is 0 Å². The molecule has 0 bridgehead atoms. The number of methoxy groups -OCH3 is 1. The Morgan fingerprint density at radius 2 is 2.14 bits per heavy atom. The molecule has 0 fully saturated rings. The molecule has 0 aliphatic rings. The number of nitrogens with one attached hydrogen (secondary N) is 1.